The predicted octanol–water partition coefficient (Wildman–Crippen LogP) is 1.85. The second kappa shape index (κ2) is 5.51. The minimum atomic E-state index is -1.07. The van der Waals surface area contributed by atoms with Crippen molar-refractivity contribution in [1.29, 1.82) is 0 Å². The van der Waals surface area contributed by atoms with Crippen molar-refractivity contribution in [2.75, 3.05) is 6.61 Å². The molecule has 0 amide bonds. The zero-order valence-electron chi connectivity index (χ0n) is 10.7. The van der Waals surface area contributed by atoms with Gasteiger partial charge in [-0.1, -0.05) is 0 Å². The Labute approximate surface area is 121 Å². The van der Waals surface area contributed by atoms with E-state index < -0.39 is 12.6 Å². The van der Waals surface area contributed by atoms with Crippen molar-refractivity contribution in [3.05, 3.63) is 40.2 Å². The molecule has 0 aromatic carbocycles. The Kier molecular flexibility index (Phi) is 3.55. The standard InChI is InChI=1S/C13H10N2O5S/c16-10(17)5-20-4-9-14-12(18)11-8(6-21-13(11)15-9)7-1-2-19-3-7/h1-3,6H,4-5H2,(H,16,17)(H,14,15,18). The van der Waals surface area contributed by atoms with Crippen LogP contribution < -0.4 is 5.56 Å². The molecule has 0 radical (unpaired) electrons. The number of carboxylic acid groups (broad SMARTS) is 1. The summed E-state index contributed by atoms with van der Waals surface area (Å²) in [5.74, 6) is -0.772. The lowest BCUT2D eigenvalue weighted by atomic mass is 10.1. The number of nitrogens with zero attached hydrogens (tertiary/aromatic N) is 1. The van der Waals surface area contributed by atoms with Gasteiger partial charge in [0, 0.05) is 16.5 Å². The summed E-state index contributed by atoms with van der Waals surface area (Å²) in [4.78, 5) is 30.0. The number of ether oxygens (including phenoxy) is 1. The van der Waals surface area contributed by atoms with E-state index in [2.05, 4.69) is 9.97 Å². The van der Waals surface area contributed by atoms with Crippen LogP contribution in [-0.2, 0) is 16.1 Å². The van der Waals surface area contributed by atoms with Gasteiger partial charge in [-0.25, -0.2) is 9.78 Å². The summed E-state index contributed by atoms with van der Waals surface area (Å²) in [6.07, 6.45) is 3.10. The van der Waals surface area contributed by atoms with Gasteiger partial charge < -0.3 is 19.2 Å². The summed E-state index contributed by atoms with van der Waals surface area (Å²) in [5, 5.41) is 10.8. The van der Waals surface area contributed by atoms with E-state index in [1.54, 1.807) is 12.3 Å². The van der Waals surface area contributed by atoms with Gasteiger partial charge in [-0.05, 0) is 6.07 Å². The number of rotatable bonds is 5. The molecule has 0 spiro atoms. The SMILES string of the molecule is O=C(O)COCc1nc2scc(-c3ccoc3)c2c(=O)[nH]1. The number of carboxylic acids is 1. The number of hydrogen-bond acceptors (Lipinski definition) is 6. The Hall–Kier alpha value is -2.45. The highest BCUT2D eigenvalue weighted by atomic mass is 32.1. The maximum absolute atomic E-state index is 12.2. The second-order valence-electron chi connectivity index (χ2n) is 4.24. The Balaban J connectivity index is 1.95. The molecule has 3 rings (SSSR count). The number of nitrogens with one attached hydrogen (secondary N) is 1. The van der Waals surface area contributed by atoms with Gasteiger partial charge in [0.2, 0.25) is 0 Å². The number of furan rings is 1. The largest absolute Gasteiger partial charge is 0.480 e. The van der Waals surface area contributed by atoms with Gasteiger partial charge in [0.1, 0.15) is 23.9 Å². The number of fused-ring (bicyclic) bond motifs is 1. The van der Waals surface area contributed by atoms with Crippen molar-refractivity contribution in [1.82, 2.24) is 9.97 Å². The molecule has 0 aliphatic rings. The maximum Gasteiger partial charge on any atom is 0.329 e. The number of aliphatic carboxylic acids is 1. The lowest BCUT2D eigenvalue weighted by molar-refractivity contribution is -0.142. The highest BCUT2D eigenvalue weighted by Crippen LogP contribution is 2.30. The minimum absolute atomic E-state index is 0.0591. The molecular weight excluding hydrogens is 296 g/mol. The molecule has 0 bridgehead atoms. The van der Waals surface area contributed by atoms with E-state index >= 15 is 0 Å². The molecule has 108 valence electrons. The van der Waals surface area contributed by atoms with Gasteiger partial charge >= 0.3 is 5.97 Å². The average molecular weight is 306 g/mol. The van der Waals surface area contributed by atoms with Crippen LogP contribution in [0.3, 0.4) is 0 Å². The van der Waals surface area contributed by atoms with Crippen molar-refractivity contribution >= 4 is 27.5 Å². The van der Waals surface area contributed by atoms with Gasteiger partial charge in [-0.15, -0.1) is 11.3 Å². The van der Waals surface area contributed by atoms with Crippen LogP contribution in [0.1, 0.15) is 5.82 Å². The number of thiophene rings is 1. The summed E-state index contributed by atoms with van der Waals surface area (Å²) < 4.78 is 9.94. The van der Waals surface area contributed by atoms with Crippen LogP contribution in [0.2, 0.25) is 0 Å². The average Bonchev–Trinajstić information content (AvgIpc) is 3.06. The Morgan fingerprint density at radius 3 is 3.10 bits per heavy atom. The fourth-order valence-electron chi connectivity index (χ4n) is 1.93. The number of aromatic nitrogens is 2. The molecule has 0 saturated heterocycles. The normalized spacial score (nSPS) is 11.0. The fourth-order valence-corrected chi connectivity index (χ4v) is 2.89. The summed E-state index contributed by atoms with van der Waals surface area (Å²) in [6, 6.07) is 1.77. The molecule has 3 aromatic heterocycles. The van der Waals surface area contributed by atoms with E-state index in [1.165, 1.54) is 17.6 Å². The van der Waals surface area contributed by atoms with Gasteiger partial charge in [0.15, 0.2) is 0 Å². The first-order valence-corrected chi connectivity index (χ1v) is 6.85. The summed E-state index contributed by atoms with van der Waals surface area (Å²) in [6.45, 7) is -0.497. The lowest BCUT2D eigenvalue weighted by Gasteiger charge is -2.01. The maximum atomic E-state index is 12.2. The number of H-pyrrole nitrogens is 1. The van der Waals surface area contributed by atoms with Crippen LogP contribution in [0.5, 0.6) is 0 Å². The molecule has 0 saturated carbocycles. The first-order valence-electron chi connectivity index (χ1n) is 5.97. The summed E-state index contributed by atoms with van der Waals surface area (Å²) >= 11 is 1.34. The molecule has 2 N–H and O–H groups in total. The molecular formula is C13H10N2O5S. The van der Waals surface area contributed by atoms with Crippen molar-refractivity contribution < 1.29 is 19.1 Å². The zero-order valence-corrected chi connectivity index (χ0v) is 11.5. The summed E-state index contributed by atoms with van der Waals surface area (Å²) in [5.41, 5.74) is 1.28. The molecule has 3 aromatic rings. The Morgan fingerprint density at radius 1 is 1.52 bits per heavy atom. The number of carbonyl (C=O) groups is 1. The number of hydrogen-bond donors (Lipinski definition) is 2. The molecule has 21 heavy (non-hydrogen) atoms. The van der Waals surface area contributed by atoms with Crippen molar-refractivity contribution in [3.63, 3.8) is 0 Å². The lowest BCUT2D eigenvalue weighted by Crippen LogP contribution is -2.14. The Morgan fingerprint density at radius 2 is 2.38 bits per heavy atom. The van der Waals surface area contributed by atoms with Crippen LogP contribution in [0.25, 0.3) is 21.3 Å². The monoisotopic (exact) mass is 306 g/mol. The van der Waals surface area contributed by atoms with Gasteiger partial charge in [0.25, 0.3) is 5.56 Å². The van der Waals surface area contributed by atoms with E-state index in [-0.39, 0.29) is 12.2 Å². The molecule has 3 heterocycles. The summed E-state index contributed by atoms with van der Waals surface area (Å²) in [7, 11) is 0. The van der Waals surface area contributed by atoms with Crippen molar-refractivity contribution in [2.45, 2.75) is 6.61 Å². The van der Waals surface area contributed by atoms with E-state index in [9.17, 15) is 9.59 Å². The van der Waals surface area contributed by atoms with Crippen molar-refractivity contribution in [2.24, 2.45) is 0 Å². The predicted molar refractivity (Wildman–Crippen MR) is 75.2 cm³/mol. The molecule has 8 heteroatoms. The smallest absolute Gasteiger partial charge is 0.329 e. The quantitative estimate of drug-likeness (QED) is 0.745. The molecule has 0 atom stereocenters. The van der Waals surface area contributed by atoms with Crippen LogP contribution >= 0.6 is 11.3 Å². The topological polar surface area (TPSA) is 105 Å². The third-order valence-corrected chi connectivity index (χ3v) is 3.66. The molecule has 0 fully saturated rings. The van der Waals surface area contributed by atoms with E-state index in [4.69, 9.17) is 14.3 Å². The van der Waals surface area contributed by atoms with Gasteiger partial charge in [0.05, 0.1) is 17.9 Å². The first kappa shape index (κ1) is 13.5. The van der Waals surface area contributed by atoms with Crippen LogP contribution in [0.15, 0.2) is 33.2 Å². The molecule has 0 aliphatic heterocycles. The molecule has 0 unspecified atom stereocenters. The second-order valence-corrected chi connectivity index (χ2v) is 5.10. The van der Waals surface area contributed by atoms with Gasteiger partial charge in [-0.3, -0.25) is 4.79 Å². The van der Waals surface area contributed by atoms with E-state index in [0.717, 1.165) is 11.1 Å². The third kappa shape index (κ3) is 2.71. The zero-order chi connectivity index (χ0) is 14.8. The van der Waals surface area contributed by atoms with Crippen LogP contribution in [0.4, 0.5) is 0 Å². The van der Waals surface area contributed by atoms with E-state index in [1.807, 2.05) is 5.38 Å². The molecule has 0 aliphatic carbocycles. The minimum Gasteiger partial charge on any atom is -0.480 e. The fraction of sp³-hybridized carbons (Fsp3) is 0.154. The van der Waals surface area contributed by atoms with Crippen LogP contribution in [0, 0.1) is 0 Å². The third-order valence-electron chi connectivity index (χ3n) is 2.79. The highest BCUT2D eigenvalue weighted by molar-refractivity contribution is 7.17. The van der Waals surface area contributed by atoms with Crippen molar-refractivity contribution in [3.8, 4) is 11.1 Å². The van der Waals surface area contributed by atoms with Crippen LogP contribution in [-0.4, -0.2) is 27.7 Å². The first-order chi connectivity index (χ1) is 10.1. The molecule has 7 nitrogen and oxygen atoms in total. The number of aromatic amines is 1. The Bertz CT molecular complexity index is 834. The highest BCUT2D eigenvalue weighted by Gasteiger charge is 2.13. The van der Waals surface area contributed by atoms with Gasteiger partial charge in [-0.2, -0.15) is 0 Å². The van der Waals surface area contributed by atoms with E-state index in [0.29, 0.717) is 16.0 Å².